The van der Waals surface area contributed by atoms with E-state index in [0.717, 1.165) is 22.9 Å². The summed E-state index contributed by atoms with van der Waals surface area (Å²) in [6.07, 6.45) is 4.95. The molecule has 1 aliphatic rings. The van der Waals surface area contributed by atoms with Crippen molar-refractivity contribution in [1.82, 2.24) is 10.3 Å². The van der Waals surface area contributed by atoms with Gasteiger partial charge in [0.05, 0.1) is 16.5 Å². The molecule has 1 saturated carbocycles. The van der Waals surface area contributed by atoms with Crippen molar-refractivity contribution in [3.8, 4) is 0 Å². The highest BCUT2D eigenvalue weighted by Gasteiger charge is 2.22. The summed E-state index contributed by atoms with van der Waals surface area (Å²) in [4.78, 5) is 16.3. The number of carbonyl (C=O) groups is 1. The summed E-state index contributed by atoms with van der Waals surface area (Å²) in [5, 5.41) is 6.35. The van der Waals surface area contributed by atoms with Gasteiger partial charge in [-0.1, -0.05) is 19.8 Å². The van der Waals surface area contributed by atoms with E-state index < -0.39 is 0 Å². The molecule has 106 valence electrons. The summed E-state index contributed by atoms with van der Waals surface area (Å²) in [6, 6.07) is 0.392. The number of nitrogens with zero attached hydrogens (tertiary/aromatic N) is 1. The molecule has 3 nitrogen and oxygen atoms in total. The first-order chi connectivity index (χ1) is 9.15. The summed E-state index contributed by atoms with van der Waals surface area (Å²) in [6.45, 7) is 4.26. The maximum atomic E-state index is 11.9. The molecule has 0 spiro atoms. The first-order valence-corrected chi connectivity index (χ1v) is 8.96. The fourth-order valence-corrected chi connectivity index (χ4v) is 3.95. The number of nitrogens with one attached hydrogen (secondary N) is 1. The van der Waals surface area contributed by atoms with E-state index in [9.17, 15) is 4.79 Å². The first kappa shape index (κ1) is 14.9. The number of rotatable bonds is 5. The third-order valence-electron chi connectivity index (χ3n) is 3.61. The van der Waals surface area contributed by atoms with Crippen LogP contribution in [0.2, 0.25) is 0 Å². The summed E-state index contributed by atoms with van der Waals surface area (Å²) >= 11 is 3.32. The topological polar surface area (TPSA) is 42.0 Å². The lowest BCUT2D eigenvalue weighted by molar-refractivity contribution is -0.119. The van der Waals surface area contributed by atoms with Gasteiger partial charge in [-0.15, -0.1) is 23.1 Å². The Labute approximate surface area is 123 Å². The highest BCUT2D eigenvalue weighted by atomic mass is 32.2. The Bertz CT molecular complexity index is 419. The fourth-order valence-electron chi connectivity index (χ4n) is 2.50. The molecule has 5 heteroatoms. The Morgan fingerprint density at radius 3 is 3.00 bits per heavy atom. The summed E-state index contributed by atoms with van der Waals surface area (Å²) in [5.41, 5.74) is 1.09. The summed E-state index contributed by atoms with van der Waals surface area (Å²) in [5.74, 6) is 2.18. The minimum Gasteiger partial charge on any atom is -0.352 e. The van der Waals surface area contributed by atoms with Crippen molar-refractivity contribution in [2.24, 2.45) is 5.92 Å². The van der Waals surface area contributed by atoms with E-state index in [1.54, 1.807) is 23.1 Å². The molecule has 1 aliphatic carbocycles. The van der Waals surface area contributed by atoms with Crippen LogP contribution < -0.4 is 5.32 Å². The zero-order valence-corrected chi connectivity index (χ0v) is 13.3. The molecule has 0 aromatic carbocycles. The fraction of sp³-hybridized carbons (Fsp3) is 0.714. The van der Waals surface area contributed by atoms with Crippen LogP contribution in [0.15, 0.2) is 5.38 Å². The van der Waals surface area contributed by atoms with E-state index in [4.69, 9.17) is 0 Å². The highest BCUT2D eigenvalue weighted by molar-refractivity contribution is 7.99. The number of amides is 1. The van der Waals surface area contributed by atoms with E-state index in [2.05, 4.69) is 22.6 Å². The molecule has 0 saturated heterocycles. The average Bonchev–Trinajstić information content (AvgIpc) is 2.78. The van der Waals surface area contributed by atoms with Gasteiger partial charge in [0.15, 0.2) is 0 Å². The predicted molar refractivity (Wildman–Crippen MR) is 82.6 cm³/mol. The zero-order valence-electron chi connectivity index (χ0n) is 11.6. The van der Waals surface area contributed by atoms with Crippen molar-refractivity contribution in [3.63, 3.8) is 0 Å². The van der Waals surface area contributed by atoms with E-state index in [1.165, 1.54) is 19.3 Å². The van der Waals surface area contributed by atoms with Gasteiger partial charge in [0.2, 0.25) is 5.91 Å². The number of thiazole rings is 1. The normalized spacial score (nSPS) is 23.3. The van der Waals surface area contributed by atoms with Gasteiger partial charge in [-0.2, -0.15) is 0 Å². The number of aromatic nitrogens is 1. The zero-order chi connectivity index (χ0) is 13.7. The maximum Gasteiger partial charge on any atom is 0.230 e. The molecule has 1 aromatic rings. The third-order valence-corrected chi connectivity index (χ3v) is 5.40. The SMILES string of the molecule is Cc1nc(CSCC(=O)NC2CCCCC2C)cs1. The van der Waals surface area contributed by atoms with E-state index in [-0.39, 0.29) is 5.91 Å². The first-order valence-electron chi connectivity index (χ1n) is 6.93. The van der Waals surface area contributed by atoms with Crippen LogP contribution in [0.25, 0.3) is 0 Å². The number of aryl methyl sites for hydroxylation is 1. The van der Waals surface area contributed by atoms with Crippen molar-refractivity contribution in [1.29, 1.82) is 0 Å². The van der Waals surface area contributed by atoms with Gasteiger partial charge in [-0.25, -0.2) is 4.98 Å². The van der Waals surface area contributed by atoms with Crippen LogP contribution in [0, 0.1) is 12.8 Å². The van der Waals surface area contributed by atoms with Crippen LogP contribution in [0.3, 0.4) is 0 Å². The Kier molecular flexibility index (Phi) is 5.70. The maximum absolute atomic E-state index is 11.9. The Balaban J connectivity index is 1.66. The average molecular weight is 298 g/mol. The van der Waals surface area contributed by atoms with E-state index >= 15 is 0 Å². The molecule has 1 amide bonds. The van der Waals surface area contributed by atoms with Crippen LogP contribution in [-0.4, -0.2) is 22.7 Å². The highest BCUT2D eigenvalue weighted by Crippen LogP contribution is 2.24. The largest absolute Gasteiger partial charge is 0.352 e. The van der Waals surface area contributed by atoms with Gasteiger partial charge in [0.25, 0.3) is 0 Å². The number of hydrogen-bond acceptors (Lipinski definition) is 4. The smallest absolute Gasteiger partial charge is 0.230 e. The van der Waals surface area contributed by atoms with Gasteiger partial charge in [-0.05, 0) is 25.7 Å². The van der Waals surface area contributed by atoms with Gasteiger partial charge in [-0.3, -0.25) is 4.79 Å². The minimum absolute atomic E-state index is 0.177. The Morgan fingerprint density at radius 2 is 2.32 bits per heavy atom. The predicted octanol–water partition coefficient (Wildman–Crippen LogP) is 3.38. The lowest BCUT2D eigenvalue weighted by atomic mass is 9.86. The number of carbonyl (C=O) groups excluding carboxylic acids is 1. The van der Waals surface area contributed by atoms with Crippen molar-refractivity contribution in [2.45, 2.75) is 51.3 Å². The van der Waals surface area contributed by atoms with Crippen molar-refractivity contribution in [2.75, 3.05) is 5.75 Å². The molecule has 1 heterocycles. The molecule has 1 N–H and O–H groups in total. The van der Waals surface area contributed by atoms with Gasteiger partial charge >= 0.3 is 0 Å². The molecule has 2 atom stereocenters. The van der Waals surface area contributed by atoms with Crippen molar-refractivity contribution < 1.29 is 4.79 Å². The van der Waals surface area contributed by atoms with Crippen molar-refractivity contribution >= 4 is 29.0 Å². The second-order valence-electron chi connectivity index (χ2n) is 5.29. The molecular formula is C14H22N2OS2. The molecule has 2 unspecified atom stereocenters. The molecule has 1 fully saturated rings. The number of thioether (sulfide) groups is 1. The minimum atomic E-state index is 0.177. The van der Waals surface area contributed by atoms with Crippen molar-refractivity contribution in [3.05, 3.63) is 16.1 Å². The molecule has 2 rings (SSSR count). The van der Waals surface area contributed by atoms with Crippen LogP contribution >= 0.6 is 23.1 Å². The van der Waals surface area contributed by atoms with Gasteiger partial charge in [0.1, 0.15) is 0 Å². The monoisotopic (exact) mass is 298 g/mol. The Hall–Kier alpha value is -0.550. The second kappa shape index (κ2) is 7.29. The lowest BCUT2D eigenvalue weighted by Gasteiger charge is -2.29. The molecule has 0 aliphatic heterocycles. The second-order valence-corrected chi connectivity index (χ2v) is 7.33. The third kappa shape index (κ3) is 4.80. The van der Waals surface area contributed by atoms with Gasteiger partial charge < -0.3 is 5.32 Å². The van der Waals surface area contributed by atoms with Crippen LogP contribution in [0.5, 0.6) is 0 Å². The Morgan fingerprint density at radius 1 is 1.53 bits per heavy atom. The van der Waals surface area contributed by atoms with Crippen LogP contribution in [0.1, 0.15) is 43.3 Å². The quantitative estimate of drug-likeness (QED) is 0.906. The standard InChI is InChI=1S/C14H22N2OS2/c1-10-5-3-4-6-13(10)16-14(17)9-18-7-12-8-19-11(2)15-12/h8,10,13H,3-7,9H2,1-2H3,(H,16,17). The van der Waals surface area contributed by atoms with Crippen LogP contribution in [0.4, 0.5) is 0 Å². The van der Waals surface area contributed by atoms with Crippen LogP contribution in [-0.2, 0) is 10.5 Å². The molecule has 0 radical (unpaired) electrons. The van der Waals surface area contributed by atoms with E-state index in [1.807, 2.05) is 6.92 Å². The van der Waals surface area contributed by atoms with E-state index in [0.29, 0.717) is 17.7 Å². The lowest BCUT2D eigenvalue weighted by Crippen LogP contribution is -2.41. The summed E-state index contributed by atoms with van der Waals surface area (Å²) in [7, 11) is 0. The molecule has 19 heavy (non-hydrogen) atoms. The summed E-state index contributed by atoms with van der Waals surface area (Å²) < 4.78 is 0. The molecular weight excluding hydrogens is 276 g/mol. The van der Waals surface area contributed by atoms with Gasteiger partial charge in [0, 0.05) is 17.2 Å². The molecule has 0 bridgehead atoms. The number of hydrogen-bond donors (Lipinski definition) is 1. The molecule has 1 aromatic heterocycles.